The smallest absolute Gasteiger partial charge is 0.0865 e. The molecule has 1 aromatic heterocycles. The highest BCUT2D eigenvalue weighted by molar-refractivity contribution is 5.16. The lowest BCUT2D eigenvalue weighted by Gasteiger charge is -1.99. The molecule has 0 N–H and O–H groups in total. The van der Waals surface area contributed by atoms with Crippen LogP contribution in [0.2, 0.25) is 0 Å². The molecule has 1 aromatic rings. The van der Waals surface area contributed by atoms with Gasteiger partial charge in [0.1, 0.15) is 0 Å². The van der Waals surface area contributed by atoms with Gasteiger partial charge >= 0.3 is 0 Å². The Balaban J connectivity index is 2.19. The summed E-state index contributed by atoms with van der Waals surface area (Å²) in [7, 11) is 1.98. The maximum Gasteiger partial charge on any atom is 0.0865 e. The van der Waals surface area contributed by atoms with E-state index in [4.69, 9.17) is 4.74 Å². The van der Waals surface area contributed by atoms with Gasteiger partial charge in [-0.25, -0.2) is 0 Å². The summed E-state index contributed by atoms with van der Waals surface area (Å²) in [6.07, 6.45) is 3.38. The number of nitrogens with zero attached hydrogens (tertiary/aromatic N) is 2. The van der Waals surface area contributed by atoms with Crippen molar-refractivity contribution < 1.29 is 4.74 Å². The highest BCUT2D eigenvalue weighted by Gasteiger charge is 2.24. The van der Waals surface area contributed by atoms with Gasteiger partial charge in [-0.05, 0) is 12.5 Å². The van der Waals surface area contributed by atoms with Crippen molar-refractivity contribution in [2.75, 3.05) is 6.61 Å². The molecule has 2 heterocycles. The number of epoxide rings is 1. The van der Waals surface area contributed by atoms with E-state index < -0.39 is 0 Å². The monoisotopic (exact) mass is 152 g/mol. The minimum Gasteiger partial charge on any atom is -0.373 e. The van der Waals surface area contributed by atoms with E-state index >= 15 is 0 Å². The maximum atomic E-state index is 5.15. The number of hydrogen-bond acceptors (Lipinski definition) is 2. The lowest BCUT2D eigenvalue weighted by molar-refractivity contribution is 0.403. The van der Waals surface area contributed by atoms with Crippen LogP contribution < -0.4 is 0 Å². The number of aromatic nitrogens is 2. The minimum atomic E-state index is 0.462. The van der Waals surface area contributed by atoms with E-state index in [0.29, 0.717) is 6.10 Å². The van der Waals surface area contributed by atoms with E-state index in [9.17, 15) is 0 Å². The summed E-state index contributed by atoms with van der Waals surface area (Å²) in [4.78, 5) is 0. The van der Waals surface area contributed by atoms with Crippen molar-refractivity contribution >= 4 is 0 Å². The molecule has 1 fully saturated rings. The van der Waals surface area contributed by atoms with Gasteiger partial charge in [0.2, 0.25) is 0 Å². The third-order valence-electron chi connectivity index (χ3n) is 2.09. The molecule has 0 amide bonds. The number of aryl methyl sites for hydroxylation is 2. The lowest BCUT2D eigenvalue weighted by Crippen LogP contribution is -2.03. The van der Waals surface area contributed by atoms with Gasteiger partial charge in [-0.3, -0.25) is 4.68 Å². The van der Waals surface area contributed by atoms with Crippen LogP contribution in [0.15, 0.2) is 6.20 Å². The summed E-state index contributed by atoms with van der Waals surface area (Å²) in [5.74, 6) is 0. The van der Waals surface area contributed by atoms with Crippen LogP contribution in [0.4, 0.5) is 0 Å². The molecule has 0 radical (unpaired) electrons. The molecule has 11 heavy (non-hydrogen) atoms. The Hall–Kier alpha value is -0.830. The van der Waals surface area contributed by atoms with E-state index in [1.807, 2.05) is 17.9 Å². The first kappa shape index (κ1) is 6.85. The van der Waals surface area contributed by atoms with Gasteiger partial charge in [0, 0.05) is 19.2 Å². The summed E-state index contributed by atoms with van der Waals surface area (Å²) < 4.78 is 7.08. The van der Waals surface area contributed by atoms with Crippen molar-refractivity contribution in [1.29, 1.82) is 0 Å². The summed E-state index contributed by atoms with van der Waals surface area (Å²) in [6.45, 7) is 3.01. The fourth-order valence-electron chi connectivity index (χ4n) is 1.27. The van der Waals surface area contributed by atoms with Crippen LogP contribution in [0.3, 0.4) is 0 Å². The van der Waals surface area contributed by atoms with Crippen LogP contribution >= 0.6 is 0 Å². The first-order chi connectivity index (χ1) is 5.27. The number of rotatable bonds is 2. The van der Waals surface area contributed by atoms with Crippen LogP contribution in [0.5, 0.6) is 0 Å². The van der Waals surface area contributed by atoms with Crippen molar-refractivity contribution in [1.82, 2.24) is 9.78 Å². The molecule has 1 atom stereocenters. The molecule has 1 aliphatic rings. The Morgan fingerprint density at radius 1 is 1.82 bits per heavy atom. The zero-order valence-electron chi connectivity index (χ0n) is 6.87. The summed E-state index contributed by atoms with van der Waals surface area (Å²) >= 11 is 0. The summed E-state index contributed by atoms with van der Waals surface area (Å²) in [5.41, 5.74) is 2.57. The molecule has 0 aromatic carbocycles. The number of ether oxygens (including phenoxy) is 1. The van der Waals surface area contributed by atoms with Gasteiger partial charge in [0.15, 0.2) is 0 Å². The van der Waals surface area contributed by atoms with Crippen LogP contribution in [0.25, 0.3) is 0 Å². The SMILES string of the molecule is Cc1cnn(C)c1CC1CO1. The molecular formula is C8H12N2O. The zero-order chi connectivity index (χ0) is 7.84. The van der Waals surface area contributed by atoms with Gasteiger partial charge < -0.3 is 4.74 Å². The largest absolute Gasteiger partial charge is 0.373 e. The molecule has 2 rings (SSSR count). The zero-order valence-corrected chi connectivity index (χ0v) is 6.87. The molecule has 3 heteroatoms. The average Bonchev–Trinajstić information content (AvgIpc) is 2.73. The fraction of sp³-hybridized carbons (Fsp3) is 0.625. The highest BCUT2D eigenvalue weighted by atomic mass is 16.6. The van der Waals surface area contributed by atoms with Crippen LogP contribution in [-0.4, -0.2) is 22.5 Å². The molecule has 0 spiro atoms. The van der Waals surface area contributed by atoms with Crippen LogP contribution in [0, 0.1) is 6.92 Å². The van der Waals surface area contributed by atoms with Crippen molar-refractivity contribution in [3.63, 3.8) is 0 Å². The molecule has 3 nitrogen and oxygen atoms in total. The molecule has 60 valence electrons. The van der Waals surface area contributed by atoms with Crippen molar-refractivity contribution in [2.24, 2.45) is 7.05 Å². The van der Waals surface area contributed by atoms with E-state index in [-0.39, 0.29) is 0 Å². The predicted molar refractivity (Wildman–Crippen MR) is 41.4 cm³/mol. The molecule has 0 bridgehead atoms. The van der Waals surface area contributed by atoms with Crippen molar-refractivity contribution in [2.45, 2.75) is 19.4 Å². The standard InChI is InChI=1S/C8H12N2O/c1-6-4-9-10(2)8(6)3-7-5-11-7/h4,7H,3,5H2,1-2H3. The quantitative estimate of drug-likeness (QED) is 0.583. The first-order valence-corrected chi connectivity index (χ1v) is 3.86. The predicted octanol–water partition coefficient (Wildman–Crippen LogP) is 0.670. The molecule has 0 aliphatic carbocycles. The fourth-order valence-corrected chi connectivity index (χ4v) is 1.27. The van der Waals surface area contributed by atoms with Crippen LogP contribution in [0.1, 0.15) is 11.3 Å². The molecule has 0 saturated carbocycles. The van der Waals surface area contributed by atoms with Crippen molar-refractivity contribution in [3.05, 3.63) is 17.5 Å². The lowest BCUT2D eigenvalue weighted by atomic mass is 10.2. The normalized spacial score (nSPS) is 22.2. The van der Waals surface area contributed by atoms with Gasteiger partial charge in [-0.15, -0.1) is 0 Å². The van der Waals surface area contributed by atoms with E-state index in [1.165, 1.54) is 11.3 Å². The average molecular weight is 152 g/mol. The van der Waals surface area contributed by atoms with Gasteiger partial charge in [-0.2, -0.15) is 5.10 Å². The second-order valence-corrected chi connectivity index (χ2v) is 3.06. The Kier molecular flexibility index (Phi) is 1.46. The Bertz CT molecular complexity index is 244. The molecule has 1 aliphatic heterocycles. The van der Waals surface area contributed by atoms with Gasteiger partial charge in [0.25, 0.3) is 0 Å². The van der Waals surface area contributed by atoms with Crippen molar-refractivity contribution in [3.8, 4) is 0 Å². The molecule has 1 unspecified atom stereocenters. The first-order valence-electron chi connectivity index (χ1n) is 3.86. The van der Waals surface area contributed by atoms with E-state index in [1.54, 1.807) is 0 Å². The second kappa shape index (κ2) is 2.34. The maximum absolute atomic E-state index is 5.15. The summed E-state index contributed by atoms with van der Waals surface area (Å²) in [6, 6.07) is 0. The Morgan fingerprint density at radius 3 is 3.00 bits per heavy atom. The Morgan fingerprint density at radius 2 is 2.55 bits per heavy atom. The number of hydrogen-bond donors (Lipinski definition) is 0. The topological polar surface area (TPSA) is 30.4 Å². The van der Waals surface area contributed by atoms with E-state index in [2.05, 4.69) is 12.0 Å². The second-order valence-electron chi connectivity index (χ2n) is 3.06. The molecular weight excluding hydrogens is 140 g/mol. The van der Waals surface area contributed by atoms with Crippen LogP contribution in [-0.2, 0) is 18.2 Å². The highest BCUT2D eigenvalue weighted by Crippen LogP contribution is 2.17. The Labute approximate surface area is 66.0 Å². The summed E-state index contributed by atoms with van der Waals surface area (Å²) in [5, 5.41) is 4.16. The van der Waals surface area contributed by atoms with E-state index in [0.717, 1.165) is 13.0 Å². The third kappa shape index (κ3) is 1.28. The minimum absolute atomic E-state index is 0.462. The molecule has 1 saturated heterocycles. The van der Waals surface area contributed by atoms with Gasteiger partial charge in [-0.1, -0.05) is 0 Å². The third-order valence-corrected chi connectivity index (χ3v) is 2.09. The van der Waals surface area contributed by atoms with Gasteiger partial charge in [0.05, 0.1) is 18.9 Å².